The highest BCUT2D eigenvalue weighted by atomic mass is 16.5. The van der Waals surface area contributed by atoms with E-state index in [4.69, 9.17) is 11.2 Å². The van der Waals surface area contributed by atoms with Crippen molar-refractivity contribution in [3.63, 3.8) is 0 Å². The van der Waals surface area contributed by atoms with E-state index in [9.17, 15) is 0 Å². The fourth-order valence-electron chi connectivity index (χ4n) is 1.17. The van der Waals surface area contributed by atoms with Crippen molar-refractivity contribution in [2.75, 3.05) is 6.61 Å². The average molecular weight is 174 g/mol. The lowest BCUT2D eigenvalue weighted by molar-refractivity contribution is 0.370. The number of hydrogen-bond donors (Lipinski definition) is 0. The van der Waals surface area contributed by atoms with Crippen molar-refractivity contribution in [3.05, 3.63) is 29.8 Å². The Morgan fingerprint density at radius 1 is 1.31 bits per heavy atom. The van der Waals surface area contributed by atoms with E-state index in [0.29, 0.717) is 6.61 Å². The molecular formula is C12H14O. The van der Waals surface area contributed by atoms with Gasteiger partial charge in [-0.15, -0.1) is 6.42 Å². The summed E-state index contributed by atoms with van der Waals surface area (Å²) in [6, 6.07) is 8.08. The Morgan fingerprint density at radius 3 is 2.54 bits per heavy atom. The molecule has 1 heteroatoms. The van der Waals surface area contributed by atoms with Crippen molar-refractivity contribution in [2.45, 2.75) is 19.8 Å². The molecule has 0 saturated carbocycles. The van der Waals surface area contributed by atoms with Gasteiger partial charge in [0.25, 0.3) is 0 Å². The van der Waals surface area contributed by atoms with Crippen molar-refractivity contribution in [3.8, 4) is 18.1 Å². The zero-order chi connectivity index (χ0) is 9.52. The highest BCUT2D eigenvalue weighted by Gasteiger charge is 1.93. The summed E-state index contributed by atoms with van der Waals surface area (Å²) in [5, 5.41) is 0. The molecule has 1 aromatic carbocycles. The summed E-state index contributed by atoms with van der Waals surface area (Å²) in [5.41, 5.74) is 1.34. The molecule has 0 aliphatic rings. The minimum Gasteiger partial charge on any atom is -0.481 e. The SMILES string of the molecule is C#CCOc1ccc(CCC)cc1. The van der Waals surface area contributed by atoms with Crippen molar-refractivity contribution in [2.24, 2.45) is 0 Å². The third-order valence-corrected chi connectivity index (χ3v) is 1.78. The molecule has 0 amide bonds. The quantitative estimate of drug-likeness (QED) is 0.638. The average Bonchev–Trinajstić information content (AvgIpc) is 2.17. The summed E-state index contributed by atoms with van der Waals surface area (Å²) in [4.78, 5) is 0. The van der Waals surface area contributed by atoms with Gasteiger partial charge >= 0.3 is 0 Å². The van der Waals surface area contributed by atoms with Gasteiger partial charge in [0.2, 0.25) is 0 Å². The molecule has 0 unspecified atom stereocenters. The van der Waals surface area contributed by atoms with Crippen LogP contribution in [0.3, 0.4) is 0 Å². The zero-order valence-corrected chi connectivity index (χ0v) is 7.92. The Hall–Kier alpha value is -1.42. The first kappa shape index (κ1) is 9.67. The van der Waals surface area contributed by atoms with Crippen LogP contribution in [0.15, 0.2) is 24.3 Å². The van der Waals surface area contributed by atoms with Crippen LogP contribution in [0.2, 0.25) is 0 Å². The smallest absolute Gasteiger partial charge is 0.148 e. The van der Waals surface area contributed by atoms with E-state index in [0.717, 1.165) is 12.2 Å². The summed E-state index contributed by atoms with van der Waals surface area (Å²) < 4.78 is 5.25. The summed E-state index contributed by atoms with van der Waals surface area (Å²) in [6.07, 6.45) is 7.37. The summed E-state index contributed by atoms with van der Waals surface area (Å²) in [7, 11) is 0. The van der Waals surface area contributed by atoms with Crippen LogP contribution in [0, 0.1) is 12.3 Å². The largest absolute Gasteiger partial charge is 0.481 e. The number of terminal acetylenes is 1. The molecule has 1 aromatic rings. The molecule has 0 aromatic heterocycles. The summed E-state index contributed by atoms with van der Waals surface area (Å²) in [5.74, 6) is 3.28. The van der Waals surface area contributed by atoms with Gasteiger partial charge in [0.1, 0.15) is 12.4 Å². The highest BCUT2D eigenvalue weighted by molar-refractivity contribution is 5.27. The van der Waals surface area contributed by atoms with Gasteiger partial charge in [-0.3, -0.25) is 0 Å². The molecule has 0 spiro atoms. The van der Waals surface area contributed by atoms with Crippen molar-refractivity contribution in [1.29, 1.82) is 0 Å². The standard InChI is InChI=1S/C12H14O/c1-3-5-11-6-8-12(9-7-11)13-10-4-2/h2,6-9H,3,5,10H2,1H3. The van der Waals surface area contributed by atoms with Gasteiger partial charge in [-0.25, -0.2) is 0 Å². The lowest BCUT2D eigenvalue weighted by Crippen LogP contribution is -1.93. The predicted molar refractivity (Wildman–Crippen MR) is 54.8 cm³/mol. The van der Waals surface area contributed by atoms with Crippen LogP contribution in [-0.4, -0.2) is 6.61 Å². The van der Waals surface area contributed by atoms with Crippen LogP contribution in [0.1, 0.15) is 18.9 Å². The lowest BCUT2D eigenvalue weighted by Gasteiger charge is -2.03. The maximum Gasteiger partial charge on any atom is 0.148 e. The van der Waals surface area contributed by atoms with Crippen LogP contribution in [0.25, 0.3) is 0 Å². The second-order valence-corrected chi connectivity index (χ2v) is 2.89. The highest BCUT2D eigenvalue weighted by Crippen LogP contribution is 2.12. The Kier molecular flexibility index (Phi) is 3.92. The predicted octanol–water partition coefficient (Wildman–Crippen LogP) is 2.65. The van der Waals surface area contributed by atoms with Gasteiger partial charge in [0, 0.05) is 0 Å². The van der Waals surface area contributed by atoms with Gasteiger partial charge in [0.05, 0.1) is 0 Å². The topological polar surface area (TPSA) is 9.23 Å². The van der Waals surface area contributed by atoms with Gasteiger partial charge < -0.3 is 4.74 Å². The Balaban J connectivity index is 2.54. The van der Waals surface area contributed by atoms with Crippen molar-refractivity contribution < 1.29 is 4.74 Å². The Morgan fingerprint density at radius 2 is 2.00 bits per heavy atom. The van der Waals surface area contributed by atoms with E-state index in [1.165, 1.54) is 12.0 Å². The first-order valence-corrected chi connectivity index (χ1v) is 4.52. The lowest BCUT2D eigenvalue weighted by atomic mass is 10.1. The zero-order valence-electron chi connectivity index (χ0n) is 7.92. The molecule has 68 valence electrons. The Bertz CT molecular complexity index is 279. The van der Waals surface area contributed by atoms with Crippen LogP contribution < -0.4 is 4.74 Å². The minimum atomic E-state index is 0.340. The van der Waals surface area contributed by atoms with Crippen LogP contribution in [0.5, 0.6) is 5.75 Å². The first-order valence-electron chi connectivity index (χ1n) is 4.52. The van der Waals surface area contributed by atoms with E-state index in [1.54, 1.807) is 0 Å². The molecule has 0 fully saturated rings. The monoisotopic (exact) mass is 174 g/mol. The molecule has 1 nitrogen and oxygen atoms in total. The van der Waals surface area contributed by atoms with E-state index in [2.05, 4.69) is 25.0 Å². The number of hydrogen-bond acceptors (Lipinski definition) is 1. The first-order chi connectivity index (χ1) is 6.36. The molecule has 1 rings (SSSR count). The molecule has 0 aliphatic heterocycles. The number of aryl methyl sites for hydroxylation is 1. The molecule has 0 radical (unpaired) electrons. The molecule has 0 atom stereocenters. The van der Waals surface area contributed by atoms with Gasteiger partial charge in [-0.2, -0.15) is 0 Å². The Labute approximate surface area is 79.7 Å². The molecule has 0 heterocycles. The third-order valence-electron chi connectivity index (χ3n) is 1.78. The second-order valence-electron chi connectivity index (χ2n) is 2.89. The normalized spacial score (nSPS) is 9.23. The maximum absolute atomic E-state index is 5.25. The second kappa shape index (κ2) is 5.27. The van der Waals surface area contributed by atoms with Crippen molar-refractivity contribution in [1.82, 2.24) is 0 Å². The van der Waals surface area contributed by atoms with Crippen molar-refractivity contribution >= 4 is 0 Å². The van der Waals surface area contributed by atoms with Crippen LogP contribution >= 0.6 is 0 Å². The number of benzene rings is 1. The number of rotatable bonds is 4. The molecule has 0 saturated heterocycles. The summed E-state index contributed by atoms with van der Waals surface area (Å²) >= 11 is 0. The van der Waals surface area contributed by atoms with Gasteiger partial charge in [-0.1, -0.05) is 31.4 Å². The maximum atomic E-state index is 5.25. The molecule has 0 bridgehead atoms. The van der Waals surface area contributed by atoms with E-state index < -0.39 is 0 Å². The fraction of sp³-hybridized carbons (Fsp3) is 0.333. The molecular weight excluding hydrogens is 160 g/mol. The van der Waals surface area contributed by atoms with E-state index in [-0.39, 0.29) is 0 Å². The third kappa shape index (κ3) is 3.21. The van der Waals surface area contributed by atoms with Crippen LogP contribution in [0.4, 0.5) is 0 Å². The van der Waals surface area contributed by atoms with E-state index in [1.807, 2.05) is 12.1 Å². The van der Waals surface area contributed by atoms with E-state index >= 15 is 0 Å². The minimum absolute atomic E-state index is 0.340. The molecule has 0 aliphatic carbocycles. The summed E-state index contributed by atoms with van der Waals surface area (Å²) in [6.45, 7) is 2.51. The van der Waals surface area contributed by atoms with Crippen LogP contribution in [-0.2, 0) is 6.42 Å². The molecule has 0 N–H and O–H groups in total. The van der Waals surface area contributed by atoms with Gasteiger partial charge in [-0.05, 0) is 24.1 Å². The van der Waals surface area contributed by atoms with Gasteiger partial charge in [0.15, 0.2) is 0 Å². The molecule has 13 heavy (non-hydrogen) atoms. The fourth-order valence-corrected chi connectivity index (χ4v) is 1.17. The number of ether oxygens (including phenoxy) is 1.